The van der Waals surface area contributed by atoms with E-state index >= 15 is 0 Å². The summed E-state index contributed by atoms with van der Waals surface area (Å²) < 4.78 is 0. The molecule has 3 nitrogen and oxygen atoms in total. The van der Waals surface area contributed by atoms with Crippen LogP contribution in [0.5, 0.6) is 0 Å². The second kappa shape index (κ2) is 6.21. The number of likely N-dealkylation sites (N-methyl/N-ethyl adjacent to an activating group) is 1. The van der Waals surface area contributed by atoms with E-state index in [1.807, 2.05) is 19.2 Å². The molecular weight excluding hydrogens is 248 g/mol. The number of likely N-dealkylation sites (tertiary alicyclic amines) is 1. The molecule has 1 aliphatic rings. The van der Waals surface area contributed by atoms with Crippen molar-refractivity contribution >= 4 is 23.6 Å². The van der Waals surface area contributed by atoms with Gasteiger partial charge in [0.25, 0.3) is 0 Å². The van der Waals surface area contributed by atoms with Gasteiger partial charge in [-0.15, -0.1) is 0 Å². The van der Waals surface area contributed by atoms with Crippen LogP contribution in [0, 0.1) is 0 Å². The van der Waals surface area contributed by atoms with Gasteiger partial charge in [-0.1, -0.05) is 11.6 Å². The van der Waals surface area contributed by atoms with Crippen molar-refractivity contribution in [3.8, 4) is 0 Å². The summed E-state index contributed by atoms with van der Waals surface area (Å²) in [5.74, 6) is 0. The predicted molar refractivity (Wildman–Crippen MR) is 75.8 cm³/mol. The Labute approximate surface area is 113 Å². The highest BCUT2D eigenvalue weighted by Gasteiger charge is 2.13. The first kappa shape index (κ1) is 13.4. The van der Waals surface area contributed by atoms with E-state index in [0.717, 1.165) is 25.1 Å². The molecule has 1 aromatic carbocycles. The maximum atomic E-state index is 11.0. The molecule has 2 rings (SSSR count). The second-order valence-electron chi connectivity index (χ2n) is 4.79. The first-order valence-corrected chi connectivity index (χ1v) is 6.77. The van der Waals surface area contributed by atoms with E-state index in [9.17, 15) is 4.79 Å². The van der Waals surface area contributed by atoms with Gasteiger partial charge in [0.15, 0.2) is 6.29 Å². The Morgan fingerprint density at radius 3 is 2.78 bits per heavy atom. The number of hydrogen-bond acceptors (Lipinski definition) is 3. The van der Waals surface area contributed by atoms with Crippen molar-refractivity contribution in [3.05, 3.63) is 28.8 Å². The number of carbonyl (C=O) groups is 1. The van der Waals surface area contributed by atoms with E-state index in [1.165, 1.54) is 25.9 Å². The Morgan fingerprint density at radius 2 is 2.11 bits per heavy atom. The van der Waals surface area contributed by atoms with E-state index in [-0.39, 0.29) is 0 Å². The molecule has 1 aliphatic heterocycles. The minimum absolute atomic E-state index is 0.605. The van der Waals surface area contributed by atoms with Crippen LogP contribution in [-0.4, -0.2) is 44.4 Å². The fourth-order valence-electron chi connectivity index (χ4n) is 2.39. The zero-order chi connectivity index (χ0) is 13.0. The molecule has 0 saturated carbocycles. The Balaban J connectivity index is 1.98. The van der Waals surface area contributed by atoms with Crippen LogP contribution in [0.1, 0.15) is 23.2 Å². The van der Waals surface area contributed by atoms with Gasteiger partial charge in [-0.25, -0.2) is 0 Å². The third-order valence-corrected chi connectivity index (χ3v) is 3.71. The fourth-order valence-corrected chi connectivity index (χ4v) is 2.57. The highest BCUT2D eigenvalue weighted by molar-refractivity contribution is 6.31. The minimum atomic E-state index is 0.605. The van der Waals surface area contributed by atoms with Crippen molar-refractivity contribution < 1.29 is 4.79 Å². The van der Waals surface area contributed by atoms with Crippen molar-refractivity contribution in [2.24, 2.45) is 0 Å². The van der Waals surface area contributed by atoms with Gasteiger partial charge in [0.2, 0.25) is 0 Å². The van der Waals surface area contributed by atoms with Gasteiger partial charge in [0.05, 0.1) is 0 Å². The summed E-state index contributed by atoms with van der Waals surface area (Å²) in [6, 6.07) is 5.46. The third kappa shape index (κ3) is 3.24. The minimum Gasteiger partial charge on any atom is -0.373 e. The summed E-state index contributed by atoms with van der Waals surface area (Å²) in [4.78, 5) is 15.6. The van der Waals surface area contributed by atoms with Crippen molar-refractivity contribution in [2.45, 2.75) is 12.8 Å². The largest absolute Gasteiger partial charge is 0.373 e. The van der Waals surface area contributed by atoms with E-state index in [2.05, 4.69) is 9.80 Å². The summed E-state index contributed by atoms with van der Waals surface area (Å²) in [7, 11) is 2.02. The number of halogens is 1. The number of hydrogen-bond donors (Lipinski definition) is 0. The van der Waals surface area contributed by atoms with Crippen LogP contribution >= 0.6 is 11.6 Å². The van der Waals surface area contributed by atoms with Crippen LogP contribution in [0.15, 0.2) is 18.2 Å². The molecule has 1 aromatic rings. The van der Waals surface area contributed by atoms with Crippen LogP contribution < -0.4 is 4.90 Å². The second-order valence-corrected chi connectivity index (χ2v) is 5.23. The molecule has 18 heavy (non-hydrogen) atoms. The molecule has 0 unspecified atom stereocenters. The third-order valence-electron chi connectivity index (χ3n) is 3.48. The van der Waals surface area contributed by atoms with Crippen LogP contribution in [-0.2, 0) is 0 Å². The van der Waals surface area contributed by atoms with Gasteiger partial charge >= 0.3 is 0 Å². The molecule has 0 N–H and O–H groups in total. The molecule has 1 heterocycles. The van der Waals surface area contributed by atoms with Gasteiger partial charge in [0.1, 0.15) is 0 Å². The molecule has 0 bridgehead atoms. The molecule has 98 valence electrons. The average Bonchev–Trinajstić information content (AvgIpc) is 2.88. The van der Waals surface area contributed by atoms with Crippen LogP contribution in [0.2, 0.25) is 5.02 Å². The van der Waals surface area contributed by atoms with E-state index in [1.54, 1.807) is 6.07 Å². The summed E-state index contributed by atoms with van der Waals surface area (Å²) in [5.41, 5.74) is 1.61. The summed E-state index contributed by atoms with van der Waals surface area (Å²) in [6.07, 6.45) is 3.49. The highest BCUT2D eigenvalue weighted by atomic mass is 35.5. The highest BCUT2D eigenvalue weighted by Crippen LogP contribution is 2.22. The molecule has 4 heteroatoms. The average molecular weight is 267 g/mol. The SMILES string of the molecule is CN(CCN1CCCC1)c1ccc(Cl)cc1C=O. The lowest BCUT2D eigenvalue weighted by molar-refractivity contribution is 0.112. The van der Waals surface area contributed by atoms with Gasteiger partial charge in [-0.2, -0.15) is 0 Å². The Kier molecular flexibility index (Phi) is 4.61. The van der Waals surface area contributed by atoms with Gasteiger partial charge < -0.3 is 9.80 Å². The van der Waals surface area contributed by atoms with E-state index < -0.39 is 0 Å². The lowest BCUT2D eigenvalue weighted by Gasteiger charge is -2.24. The molecule has 0 amide bonds. The van der Waals surface area contributed by atoms with Crippen molar-refractivity contribution in [3.63, 3.8) is 0 Å². The topological polar surface area (TPSA) is 23.6 Å². The smallest absolute Gasteiger partial charge is 0.152 e. The normalized spacial score (nSPS) is 15.9. The number of rotatable bonds is 5. The molecule has 0 spiro atoms. The maximum Gasteiger partial charge on any atom is 0.152 e. The fraction of sp³-hybridized carbons (Fsp3) is 0.500. The first-order chi connectivity index (χ1) is 8.70. The molecule has 1 saturated heterocycles. The quantitative estimate of drug-likeness (QED) is 0.766. The molecular formula is C14H19ClN2O. The van der Waals surface area contributed by atoms with E-state index in [4.69, 9.17) is 11.6 Å². The molecule has 1 fully saturated rings. The zero-order valence-electron chi connectivity index (χ0n) is 10.7. The molecule has 0 atom stereocenters. The van der Waals surface area contributed by atoms with Crippen LogP contribution in [0.3, 0.4) is 0 Å². The lowest BCUT2D eigenvalue weighted by Crippen LogP contribution is -2.31. The maximum absolute atomic E-state index is 11.0. The Morgan fingerprint density at radius 1 is 1.39 bits per heavy atom. The number of nitrogens with zero attached hydrogens (tertiary/aromatic N) is 2. The number of carbonyl (C=O) groups excluding carboxylic acids is 1. The zero-order valence-corrected chi connectivity index (χ0v) is 11.5. The Bertz CT molecular complexity index is 416. The van der Waals surface area contributed by atoms with Crippen LogP contribution in [0.25, 0.3) is 0 Å². The predicted octanol–water partition coefficient (Wildman–Crippen LogP) is 2.68. The first-order valence-electron chi connectivity index (χ1n) is 6.39. The van der Waals surface area contributed by atoms with Crippen molar-refractivity contribution in [2.75, 3.05) is 38.1 Å². The number of aldehydes is 1. The summed E-state index contributed by atoms with van der Waals surface area (Å²) >= 11 is 5.90. The number of benzene rings is 1. The van der Waals surface area contributed by atoms with Crippen molar-refractivity contribution in [1.29, 1.82) is 0 Å². The molecule has 0 radical (unpaired) electrons. The van der Waals surface area contributed by atoms with E-state index in [0.29, 0.717) is 10.6 Å². The lowest BCUT2D eigenvalue weighted by atomic mass is 10.2. The van der Waals surface area contributed by atoms with Gasteiger partial charge in [-0.05, 0) is 44.1 Å². The van der Waals surface area contributed by atoms with Crippen LogP contribution in [0.4, 0.5) is 5.69 Å². The van der Waals surface area contributed by atoms with Gasteiger partial charge in [-0.3, -0.25) is 4.79 Å². The Hall–Kier alpha value is -1.06. The standard InChI is InChI=1S/C14H19ClN2O/c1-16(8-9-17-6-2-3-7-17)14-5-4-13(15)10-12(14)11-18/h4-5,10-11H,2-3,6-9H2,1H3. The molecule has 0 aromatic heterocycles. The monoisotopic (exact) mass is 266 g/mol. The van der Waals surface area contributed by atoms with Crippen molar-refractivity contribution in [1.82, 2.24) is 4.90 Å². The summed E-state index contributed by atoms with van der Waals surface area (Å²) in [6.45, 7) is 4.39. The molecule has 0 aliphatic carbocycles. The van der Waals surface area contributed by atoms with Gasteiger partial charge in [0, 0.05) is 36.4 Å². The number of anilines is 1. The summed E-state index contributed by atoms with van der Waals surface area (Å²) in [5, 5.41) is 0.605.